The van der Waals surface area contributed by atoms with E-state index in [1.165, 1.54) is 4.31 Å². The van der Waals surface area contributed by atoms with Crippen LogP contribution < -0.4 is 0 Å². The number of cyclic esters (lactones) is 1. The minimum Gasteiger partial charge on any atom is -0.463 e. The number of esters is 1. The summed E-state index contributed by atoms with van der Waals surface area (Å²) in [4.78, 5) is 12.3. The molecular weight excluding hydrogens is 290 g/mol. The first-order valence-electron chi connectivity index (χ1n) is 6.89. The quantitative estimate of drug-likeness (QED) is 0.783. The second-order valence-corrected chi connectivity index (χ2v) is 8.26. The third-order valence-electron chi connectivity index (χ3n) is 3.52. The van der Waals surface area contributed by atoms with E-state index in [9.17, 15) is 13.2 Å². The van der Waals surface area contributed by atoms with E-state index < -0.39 is 27.4 Å². The Bertz CT molecular complexity index is 629. The van der Waals surface area contributed by atoms with Crippen LogP contribution in [-0.4, -0.2) is 37.9 Å². The highest BCUT2D eigenvalue weighted by molar-refractivity contribution is 7.89. The number of ether oxygens (including phenoxy) is 1. The van der Waals surface area contributed by atoms with Gasteiger partial charge in [-0.3, -0.25) is 4.79 Å². The molecule has 116 valence electrons. The minimum absolute atomic E-state index is 0.0938. The lowest BCUT2D eigenvalue weighted by atomic mass is 9.86. The number of rotatable bonds is 2. The molecule has 6 heteroatoms. The topological polar surface area (TPSA) is 63.7 Å². The van der Waals surface area contributed by atoms with E-state index in [2.05, 4.69) is 0 Å². The number of benzene rings is 1. The Balaban J connectivity index is 2.46. The Labute approximate surface area is 126 Å². The van der Waals surface area contributed by atoms with Crippen molar-refractivity contribution in [2.45, 2.75) is 38.6 Å². The van der Waals surface area contributed by atoms with E-state index in [0.717, 1.165) is 5.56 Å². The number of sulfonamides is 1. The molecule has 0 spiro atoms. The first-order chi connectivity index (χ1) is 9.64. The Hall–Kier alpha value is -1.40. The standard InChI is InChI=1S/C15H21NO4S/c1-11-5-7-12(8-6-11)21(18,19)16-9-10-20-14(17)13(16)15(2,3)4/h5-8,13H,9-10H2,1-4H3/t13-/m1/s1. The lowest BCUT2D eigenvalue weighted by Gasteiger charge is -2.40. The molecule has 0 saturated carbocycles. The Morgan fingerprint density at radius 2 is 1.76 bits per heavy atom. The highest BCUT2D eigenvalue weighted by Crippen LogP contribution is 2.32. The smallest absolute Gasteiger partial charge is 0.325 e. The summed E-state index contributed by atoms with van der Waals surface area (Å²) in [6.07, 6.45) is 0. The first kappa shape index (κ1) is 16.0. The van der Waals surface area contributed by atoms with Gasteiger partial charge in [0.2, 0.25) is 10.0 Å². The lowest BCUT2D eigenvalue weighted by molar-refractivity contribution is -0.158. The second-order valence-electron chi connectivity index (χ2n) is 6.36. The van der Waals surface area contributed by atoms with Gasteiger partial charge in [-0.25, -0.2) is 8.42 Å². The summed E-state index contributed by atoms with van der Waals surface area (Å²) in [5, 5.41) is 0. The summed E-state index contributed by atoms with van der Waals surface area (Å²) in [5.41, 5.74) is 0.453. The van der Waals surface area contributed by atoms with Crippen LogP contribution in [0.5, 0.6) is 0 Å². The number of carbonyl (C=O) groups excluding carboxylic acids is 1. The SMILES string of the molecule is Cc1ccc(S(=O)(=O)N2CCOC(=O)[C@@H]2C(C)(C)C)cc1. The molecule has 1 aliphatic rings. The molecule has 1 aromatic rings. The van der Waals surface area contributed by atoms with Crippen molar-refractivity contribution in [3.8, 4) is 0 Å². The van der Waals surface area contributed by atoms with Crippen LogP contribution >= 0.6 is 0 Å². The molecule has 1 fully saturated rings. The van der Waals surface area contributed by atoms with Crippen LogP contribution in [0.1, 0.15) is 26.3 Å². The lowest BCUT2D eigenvalue weighted by Crippen LogP contribution is -2.56. The number of carbonyl (C=O) groups is 1. The van der Waals surface area contributed by atoms with Gasteiger partial charge in [-0.15, -0.1) is 0 Å². The summed E-state index contributed by atoms with van der Waals surface area (Å²) in [5.74, 6) is -0.482. The van der Waals surface area contributed by atoms with Crippen LogP contribution in [0, 0.1) is 12.3 Å². The van der Waals surface area contributed by atoms with Gasteiger partial charge >= 0.3 is 5.97 Å². The molecule has 5 nitrogen and oxygen atoms in total. The fourth-order valence-electron chi connectivity index (χ4n) is 2.45. The fraction of sp³-hybridized carbons (Fsp3) is 0.533. The zero-order chi connectivity index (χ0) is 15.8. The van der Waals surface area contributed by atoms with Crippen molar-refractivity contribution in [2.75, 3.05) is 13.2 Å². The Morgan fingerprint density at radius 1 is 1.19 bits per heavy atom. The number of nitrogens with zero attached hydrogens (tertiary/aromatic N) is 1. The molecule has 0 radical (unpaired) electrons. The van der Waals surface area contributed by atoms with Crippen molar-refractivity contribution in [1.29, 1.82) is 0 Å². The summed E-state index contributed by atoms with van der Waals surface area (Å²) in [6, 6.07) is 5.84. The predicted octanol–water partition coefficient (Wildman–Crippen LogP) is 1.96. The van der Waals surface area contributed by atoms with E-state index in [4.69, 9.17) is 4.74 Å². The van der Waals surface area contributed by atoms with Crippen LogP contribution in [0.15, 0.2) is 29.2 Å². The zero-order valence-electron chi connectivity index (χ0n) is 12.8. The first-order valence-corrected chi connectivity index (χ1v) is 8.33. The maximum atomic E-state index is 12.8. The molecule has 0 unspecified atom stereocenters. The molecule has 0 amide bonds. The largest absolute Gasteiger partial charge is 0.463 e. The minimum atomic E-state index is -3.71. The maximum Gasteiger partial charge on any atom is 0.325 e. The zero-order valence-corrected chi connectivity index (χ0v) is 13.6. The molecule has 21 heavy (non-hydrogen) atoms. The molecule has 1 heterocycles. The van der Waals surface area contributed by atoms with Crippen LogP contribution in [0.2, 0.25) is 0 Å². The average molecular weight is 311 g/mol. The van der Waals surface area contributed by atoms with Crippen molar-refractivity contribution in [1.82, 2.24) is 4.31 Å². The molecule has 0 N–H and O–H groups in total. The van der Waals surface area contributed by atoms with Gasteiger partial charge in [0.25, 0.3) is 0 Å². The molecule has 1 aromatic carbocycles. The van der Waals surface area contributed by atoms with Crippen LogP contribution in [0.4, 0.5) is 0 Å². The molecule has 1 aliphatic heterocycles. The number of aryl methyl sites for hydroxylation is 1. The molecule has 1 atom stereocenters. The van der Waals surface area contributed by atoms with Gasteiger partial charge in [0, 0.05) is 6.54 Å². The van der Waals surface area contributed by atoms with Crippen LogP contribution in [0.3, 0.4) is 0 Å². The molecule has 0 bridgehead atoms. The van der Waals surface area contributed by atoms with Crippen LogP contribution in [-0.2, 0) is 19.6 Å². The highest BCUT2D eigenvalue weighted by Gasteiger charge is 2.46. The second kappa shape index (κ2) is 5.42. The van der Waals surface area contributed by atoms with E-state index >= 15 is 0 Å². The van der Waals surface area contributed by atoms with Crippen molar-refractivity contribution in [2.24, 2.45) is 5.41 Å². The summed E-state index contributed by atoms with van der Waals surface area (Å²) in [6.45, 7) is 7.68. The van der Waals surface area contributed by atoms with Gasteiger partial charge in [0.1, 0.15) is 12.6 Å². The summed E-state index contributed by atoms with van der Waals surface area (Å²) < 4.78 is 32.0. The Kier molecular flexibility index (Phi) is 4.13. The third kappa shape index (κ3) is 3.11. The number of hydrogen-bond donors (Lipinski definition) is 0. The van der Waals surface area contributed by atoms with E-state index in [-0.39, 0.29) is 18.0 Å². The maximum absolute atomic E-state index is 12.8. The fourth-order valence-corrected chi connectivity index (χ4v) is 4.20. The molecular formula is C15H21NO4S. The summed E-state index contributed by atoms with van der Waals surface area (Å²) in [7, 11) is -3.71. The predicted molar refractivity (Wildman–Crippen MR) is 79.3 cm³/mol. The molecule has 0 aromatic heterocycles. The average Bonchev–Trinajstić information content (AvgIpc) is 2.37. The molecule has 2 rings (SSSR count). The van der Waals surface area contributed by atoms with E-state index in [0.29, 0.717) is 0 Å². The highest BCUT2D eigenvalue weighted by atomic mass is 32.2. The number of morpholine rings is 1. The van der Waals surface area contributed by atoms with Gasteiger partial charge in [0.15, 0.2) is 0 Å². The molecule has 0 aliphatic carbocycles. The van der Waals surface area contributed by atoms with E-state index in [1.807, 2.05) is 27.7 Å². The Morgan fingerprint density at radius 3 is 2.29 bits per heavy atom. The molecule has 1 saturated heterocycles. The van der Waals surface area contributed by atoms with Gasteiger partial charge in [-0.2, -0.15) is 4.31 Å². The van der Waals surface area contributed by atoms with Crippen molar-refractivity contribution in [3.63, 3.8) is 0 Å². The van der Waals surface area contributed by atoms with Gasteiger partial charge < -0.3 is 4.74 Å². The van der Waals surface area contributed by atoms with Crippen molar-refractivity contribution in [3.05, 3.63) is 29.8 Å². The van der Waals surface area contributed by atoms with E-state index in [1.54, 1.807) is 24.3 Å². The normalized spacial score (nSPS) is 21.1. The number of hydrogen-bond acceptors (Lipinski definition) is 4. The van der Waals surface area contributed by atoms with Crippen LogP contribution in [0.25, 0.3) is 0 Å². The van der Waals surface area contributed by atoms with Gasteiger partial charge in [-0.05, 0) is 24.5 Å². The summed E-state index contributed by atoms with van der Waals surface area (Å²) >= 11 is 0. The third-order valence-corrected chi connectivity index (χ3v) is 5.39. The van der Waals surface area contributed by atoms with Crippen molar-refractivity contribution < 1.29 is 17.9 Å². The van der Waals surface area contributed by atoms with Gasteiger partial charge in [-0.1, -0.05) is 38.5 Å². The van der Waals surface area contributed by atoms with Crippen molar-refractivity contribution >= 4 is 16.0 Å². The monoisotopic (exact) mass is 311 g/mol. The van der Waals surface area contributed by atoms with Gasteiger partial charge in [0.05, 0.1) is 4.90 Å².